The van der Waals surface area contributed by atoms with E-state index in [-0.39, 0.29) is 6.61 Å². The predicted octanol–water partition coefficient (Wildman–Crippen LogP) is 0.0835. The summed E-state index contributed by atoms with van der Waals surface area (Å²) in [6, 6.07) is 1.57. The second-order valence-electron chi connectivity index (χ2n) is 1.98. The van der Waals surface area contributed by atoms with Gasteiger partial charge in [-0.3, -0.25) is 14.3 Å². The van der Waals surface area contributed by atoms with Gasteiger partial charge in [-0.25, -0.2) is 0 Å². The lowest BCUT2D eigenvalue weighted by molar-refractivity contribution is -0.149. The zero-order chi connectivity index (χ0) is 10.3. The quantitative estimate of drug-likeness (QED) is 0.397. The van der Waals surface area contributed by atoms with Crippen LogP contribution in [0.15, 0.2) is 0 Å². The van der Waals surface area contributed by atoms with Crippen LogP contribution in [-0.2, 0) is 14.3 Å². The molecule has 5 nitrogen and oxygen atoms in total. The number of hydrogen-bond acceptors (Lipinski definition) is 5. The van der Waals surface area contributed by atoms with E-state index >= 15 is 0 Å². The summed E-state index contributed by atoms with van der Waals surface area (Å²) in [6.45, 7) is 1.77. The third kappa shape index (κ3) is 3.80. The molecule has 0 fully saturated rings. The van der Waals surface area contributed by atoms with Gasteiger partial charge in [-0.05, 0) is 6.92 Å². The Labute approximate surface area is 80.6 Å². The molecule has 0 saturated heterocycles. The van der Waals surface area contributed by atoms with E-state index in [4.69, 9.17) is 5.26 Å². The van der Waals surface area contributed by atoms with Crippen LogP contribution in [0, 0.1) is 17.2 Å². The fourth-order valence-corrected chi connectivity index (χ4v) is 0.923. The molecule has 0 rings (SSSR count). The maximum Gasteiger partial charge on any atom is 0.333 e. The lowest BCUT2D eigenvalue weighted by Gasteiger charge is -2.06. The number of nitrogens with zero attached hydrogens (tertiary/aromatic N) is 1. The Morgan fingerprint density at radius 3 is 2.69 bits per heavy atom. The van der Waals surface area contributed by atoms with E-state index in [9.17, 15) is 9.59 Å². The van der Waals surface area contributed by atoms with Gasteiger partial charge in [0, 0.05) is 6.26 Å². The third-order valence-electron chi connectivity index (χ3n) is 1.12. The summed E-state index contributed by atoms with van der Waals surface area (Å²) in [6.07, 6.45) is 1.62. The van der Waals surface area contributed by atoms with Crippen LogP contribution in [0.3, 0.4) is 0 Å². The average Bonchev–Trinajstić information content (AvgIpc) is 2.06. The topological polar surface area (TPSA) is 79.2 Å². The van der Waals surface area contributed by atoms with Gasteiger partial charge in [0.1, 0.15) is 0 Å². The van der Waals surface area contributed by atoms with Gasteiger partial charge in [0.2, 0.25) is 5.92 Å². The van der Waals surface area contributed by atoms with Crippen LogP contribution < -0.4 is 4.72 Å². The van der Waals surface area contributed by atoms with Gasteiger partial charge in [0.15, 0.2) is 0 Å². The molecule has 72 valence electrons. The maximum atomic E-state index is 11.0. The van der Waals surface area contributed by atoms with Crippen LogP contribution in [-0.4, -0.2) is 24.7 Å². The Bertz CT molecular complexity index is 218. The molecule has 0 saturated carbocycles. The lowest BCUT2D eigenvalue weighted by atomic mass is 10.2. The number of ether oxygens (including phenoxy) is 1. The number of carbonyl (C=O) groups excluding carboxylic acids is 2. The molecule has 0 aliphatic rings. The zero-order valence-corrected chi connectivity index (χ0v) is 8.18. The number of rotatable bonds is 4. The molecule has 1 atom stereocenters. The van der Waals surface area contributed by atoms with Gasteiger partial charge in [-0.15, -0.1) is 0 Å². The van der Waals surface area contributed by atoms with Crippen molar-refractivity contribution < 1.29 is 14.3 Å². The minimum atomic E-state index is -1.37. The molecule has 1 unspecified atom stereocenters. The van der Waals surface area contributed by atoms with E-state index in [1.54, 1.807) is 19.2 Å². The molecule has 13 heavy (non-hydrogen) atoms. The molecule has 1 N–H and O–H groups in total. The molecule has 0 aliphatic heterocycles. The standard InChI is InChI=1S/C7H10N2O3S/c1-3-12-7(11)5(4-8)6(10)9-13-2/h5H,3H2,1-2H3,(H,9,10). The third-order valence-corrected chi connectivity index (χ3v) is 1.52. The normalized spacial score (nSPS) is 11.2. The van der Waals surface area contributed by atoms with E-state index in [1.165, 1.54) is 0 Å². The van der Waals surface area contributed by atoms with E-state index in [0.29, 0.717) is 0 Å². The second kappa shape index (κ2) is 6.31. The van der Waals surface area contributed by atoms with Gasteiger partial charge >= 0.3 is 5.97 Å². The molecule has 0 radical (unpaired) electrons. The van der Waals surface area contributed by atoms with Gasteiger partial charge < -0.3 is 4.74 Å². The zero-order valence-electron chi connectivity index (χ0n) is 7.36. The van der Waals surface area contributed by atoms with Gasteiger partial charge in [0.05, 0.1) is 12.7 Å². The van der Waals surface area contributed by atoms with Crippen molar-refractivity contribution in [3.05, 3.63) is 0 Å². The number of nitriles is 1. The highest BCUT2D eigenvalue weighted by Gasteiger charge is 2.27. The minimum Gasteiger partial charge on any atom is -0.465 e. The van der Waals surface area contributed by atoms with Crippen LogP contribution >= 0.6 is 11.9 Å². The van der Waals surface area contributed by atoms with Gasteiger partial charge in [0.25, 0.3) is 5.91 Å². The molecule has 0 aromatic heterocycles. The van der Waals surface area contributed by atoms with Crippen LogP contribution in [0.4, 0.5) is 0 Å². The Morgan fingerprint density at radius 1 is 1.69 bits per heavy atom. The second-order valence-corrected chi connectivity index (χ2v) is 2.60. The summed E-state index contributed by atoms with van der Waals surface area (Å²) in [7, 11) is 0. The van der Waals surface area contributed by atoms with Gasteiger partial charge in [-0.2, -0.15) is 5.26 Å². The molecule has 0 aromatic carbocycles. The lowest BCUT2D eigenvalue weighted by Crippen LogP contribution is -2.31. The van der Waals surface area contributed by atoms with Crippen molar-refractivity contribution in [2.24, 2.45) is 5.92 Å². The molecular formula is C7H10N2O3S. The van der Waals surface area contributed by atoms with Crippen LogP contribution in [0.25, 0.3) is 0 Å². The van der Waals surface area contributed by atoms with E-state index in [2.05, 4.69) is 9.46 Å². The minimum absolute atomic E-state index is 0.156. The van der Waals surface area contributed by atoms with Crippen molar-refractivity contribution in [2.75, 3.05) is 12.9 Å². The number of esters is 1. The first kappa shape index (κ1) is 11.8. The maximum absolute atomic E-state index is 11.0. The van der Waals surface area contributed by atoms with Crippen molar-refractivity contribution in [1.82, 2.24) is 4.72 Å². The predicted molar refractivity (Wildman–Crippen MR) is 47.4 cm³/mol. The fourth-order valence-electron chi connectivity index (χ4n) is 0.603. The molecular weight excluding hydrogens is 192 g/mol. The number of nitrogens with one attached hydrogen (secondary N) is 1. The SMILES string of the molecule is CCOC(=O)C(C#N)C(=O)NSC. The van der Waals surface area contributed by atoms with E-state index in [0.717, 1.165) is 11.9 Å². The highest BCUT2D eigenvalue weighted by molar-refractivity contribution is 7.97. The smallest absolute Gasteiger partial charge is 0.333 e. The van der Waals surface area contributed by atoms with Crippen molar-refractivity contribution in [1.29, 1.82) is 5.26 Å². The molecule has 0 heterocycles. The summed E-state index contributed by atoms with van der Waals surface area (Å²) in [5.41, 5.74) is 0. The van der Waals surface area contributed by atoms with Crippen molar-refractivity contribution in [3.63, 3.8) is 0 Å². The monoisotopic (exact) mass is 202 g/mol. The fraction of sp³-hybridized carbons (Fsp3) is 0.571. The summed E-state index contributed by atoms with van der Waals surface area (Å²) >= 11 is 1.03. The largest absolute Gasteiger partial charge is 0.465 e. The highest BCUT2D eigenvalue weighted by Crippen LogP contribution is 2.00. The Morgan fingerprint density at radius 2 is 2.31 bits per heavy atom. The Hall–Kier alpha value is -1.22. The number of carbonyl (C=O) groups is 2. The van der Waals surface area contributed by atoms with Crippen molar-refractivity contribution in [3.8, 4) is 6.07 Å². The number of hydrogen-bond donors (Lipinski definition) is 1. The van der Waals surface area contributed by atoms with E-state index in [1.807, 2.05) is 0 Å². The molecule has 6 heteroatoms. The van der Waals surface area contributed by atoms with Crippen LogP contribution in [0.1, 0.15) is 6.92 Å². The Balaban J connectivity index is 4.26. The van der Waals surface area contributed by atoms with Crippen molar-refractivity contribution >= 4 is 23.8 Å². The highest BCUT2D eigenvalue weighted by atomic mass is 32.2. The molecule has 0 spiro atoms. The summed E-state index contributed by atoms with van der Waals surface area (Å²) in [5.74, 6) is -2.82. The molecule has 0 bridgehead atoms. The van der Waals surface area contributed by atoms with E-state index < -0.39 is 17.8 Å². The Kier molecular flexibility index (Phi) is 5.72. The first-order chi connectivity index (χ1) is 6.17. The summed E-state index contributed by atoms with van der Waals surface area (Å²) in [4.78, 5) is 22.0. The summed E-state index contributed by atoms with van der Waals surface area (Å²) < 4.78 is 6.82. The molecule has 1 amide bonds. The summed E-state index contributed by atoms with van der Waals surface area (Å²) in [5, 5.41) is 8.50. The first-order valence-corrected chi connectivity index (χ1v) is 4.78. The number of amides is 1. The van der Waals surface area contributed by atoms with Crippen LogP contribution in [0.2, 0.25) is 0 Å². The van der Waals surface area contributed by atoms with Crippen molar-refractivity contribution in [2.45, 2.75) is 6.92 Å². The molecule has 0 aliphatic carbocycles. The first-order valence-electron chi connectivity index (χ1n) is 3.56. The molecule has 0 aromatic rings. The average molecular weight is 202 g/mol. The van der Waals surface area contributed by atoms with Gasteiger partial charge in [-0.1, -0.05) is 11.9 Å². The van der Waals surface area contributed by atoms with Crippen LogP contribution in [0.5, 0.6) is 0 Å².